The Morgan fingerprint density at radius 3 is 2.64 bits per heavy atom. The molecule has 1 aliphatic rings. The maximum absolute atomic E-state index is 12.1. The monoisotopic (exact) mass is 316 g/mol. The first kappa shape index (κ1) is 14.7. The fourth-order valence-electron chi connectivity index (χ4n) is 2.26. The molecule has 1 aliphatic heterocycles. The molecular weight excluding hydrogens is 300 g/mol. The van der Waals surface area contributed by atoms with Crippen LogP contribution >= 0.6 is 11.3 Å². The highest BCUT2D eigenvalue weighted by molar-refractivity contribution is 7.12. The molecule has 1 atom stereocenters. The fraction of sp³-hybridized carbons (Fsp3) is 0.250. The third-order valence-electron chi connectivity index (χ3n) is 3.43. The number of nitrogens with one attached hydrogen (secondary N) is 2. The van der Waals surface area contributed by atoms with Gasteiger partial charge in [0.05, 0.1) is 17.4 Å². The molecule has 1 saturated heterocycles. The van der Waals surface area contributed by atoms with E-state index < -0.39 is 0 Å². The van der Waals surface area contributed by atoms with E-state index in [0.29, 0.717) is 29.5 Å². The summed E-state index contributed by atoms with van der Waals surface area (Å²) < 4.78 is 5.22. The molecule has 2 N–H and O–H groups in total. The SMILES string of the molecule is O=C(Nc1cccc(NC(=O)C2CCOC2)c1)c1cccs1. The molecule has 2 heterocycles. The molecule has 0 bridgehead atoms. The summed E-state index contributed by atoms with van der Waals surface area (Å²) in [7, 11) is 0. The van der Waals surface area contributed by atoms with Gasteiger partial charge in [0.25, 0.3) is 5.91 Å². The van der Waals surface area contributed by atoms with Crippen LogP contribution in [0.5, 0.6) is 0 Å². The van der Waals surface area contributed by atoms with Crippen molar-refractivity contribution in [1.29, 1.82) is 0 Å². The second kappa shape index (κ2) is 6.72. The highest BCUT2D eigenvalue weighted by Gasteiger charge is 2.23. The molecule has 3 rings (SSSR count). The Morgan fingerprint density at radius 1 is 1.14 bits per heavy atom. The van der Waals surface area contributed by atoms with Crippen LogP contribution in [0.4, 0.5) is 11.4 Å². The van der Waals surface area contributed by atoms with Crippen molar-refractivity contribution >= 4 is 34.5 Å². The van der Waals surface area contributed by atoms with Gasteiger partial charge in [0.2, 0.25) is 5.91 Å². The highest BCUT2D eigenvalue weighted by Crippen LogP contribution is 2.20. The van der Waals surface area contributed by atoms with E-state index in [1.807, 2.05) is 11.4 Å². The van der Waals surface area contributed by atoms with Crippen LogP contribution in [-0.2, 0) is 9.53 Å². The standard InChI is InChI=1S/C16H16N2O3S/c19-15(11-6-7-21-10-11)17-12-3-1-4-13(9-12)18-16(20)14-5-2-8-22-14/h1-5,8-9,11H,6-7,10H2,(H,17,19)(H,18,20). The smallest absolute Gasteiger partial charge is 0.265 e. The van der Waals surface area contributed by atoms with E-state index in [1.54, 1.807) is 30.3 Å². The Hall–Kier alpha value is -2.18. The van der Waals surface area contributed by atoms with Gasteiger partial charge in [0.15, 0.2) is 0 Å². The molecule has 2 amide bonds. The number of amides is 2. The molecular formula is C16H16N2O3S. The summed E-state index contributed by atoms with van der Waals surface area (Å²) in [6, 6.07) is 10.7. The summed E-state index contributed by atoms with van der Waals surface area (Å²) in [5.41, 5.74) is 1.32. The number of anilines is 2. The zero-order chi connectivity index (χ0) is 15.4. The van der Waals surface area contributed by atoms with Crippen molar-refractivity contribution in [2.75, 3.05) is 23.8 Å². The lowest BCUT2D eigenvalue weighted by Gasteiger charge is -2.11. The van der Waals surface area contributed by atoms with E-state index in [-0.39, 0.29) is 17.7 Å². The Balaban J connectivity index is 1.64. The number of rotatable bonds is 4. The predicted molar refractivity (Wildman–Crippen MR) is 86.3 cm³/mol. The molecule has 6 heteroatoms. The second-order valence-corrected chi connectivity index (χ2v) is 6.01. The van der Waals surface area contributed by atoms with Crippen LogP contribution in [0.1, 0.15) is 16.1 Å². The number of hydrogen-bond acceptors (Lipinski definition) is 4. The number of hydrogen-bond donors (Lipinski definition) is 2. The third-order valence-corrected chi connectivity index (χ3v) is 4.30. The first-order chi connectivity index (χ1) is 10.7. The summed E-state index contributed by atoms with van der Waals surface area (Å²) in [6.07, 6.45) is 0.751. The summed E-state index contributed by atoms with van der Waals surface area (Å²) >= 11 is 1.39. The maximum Gasteiger partial charge on any atom is 0.265 e. The van der Waals surface area contributed by atoms with Gasteiger partial charge in [-0.05, 0) is 36.1 Å². The van der Waals surface area contributed by atoms with Crippen molar-refractivity contribution in [2.45, 2.75) is 6.42 Å². The number of carbonyl (C=O) groups is 2. The van der Waals surface area contributed by atoms with Crippen LogP contribution in [-0.4, -0.2) is 25.0 Å². The van der Waals surface area contributed by atoms with Gasteiger partial charge in [-0.3, -0.25) is 9.59 Å². The summed E-state index contributed by atoms with van der Waals surface area (Å²) in [4.78, 5) is 24.7. The van der Waals surface area contributed by atoms with Gasteiger partial charge >= 0.3 is 0 Å². The summed E-state index contributed by atoms with van der Waals surface area (Å²) in [6.45, 7) is 1.11. The van der Waals surface area contributed by atoms with Gasteiger partial charge in [-0.25, -0.2) is 0 Å². The lowest BCUT2D eigenvalue weighted by molar-refractivity contribution is -0.119. The Bertz CT molecular complexity index is 664. The average Bonchev–Trinajstić information content (AvgIpc) is 3.21. The minimum Gasteiger partial charge on any atom is -0.381 e. The molecule has 1 unspecified atom stereocenters. The minimum absolute atomic E-state index is 0.0424. The molecule has 0 spiro atoms. The van der Waals surface area contributed by atoms with E-state index in [4.69, 9.17) is 4.74 Å². The first-order valence-electron chi connectivity index (χ1n) is 7.06. The van der Waals surface area contributed by atoms with Gasteiger partial charge in [-0.1, -0.05) is 12.1 Å². The van der Waals surface area contributed by atoms with Crippen molar-refractivity contribution < 1.29 is 14.3 Å². The minimum atomic E-state index is -0.150. The van der Waals surface area contributed by atoms with Crippen LogP contribution in [0.3, 0.4) is 0 Å². The summed E-state index contributed by atoms with van der Waals surface area (Å²) in [5.74, 6) is -0.286. The van der Waals surface area contributed by atoms with Crippen LogP contribution in [0.15, 0.2) is 41.8 Å². The lowest BCUT2D eigenvalue weighted by atomic mass is 10.1. The van der Waals surface area contributed by atoms with Gasteiger partial charge in [0.1, 0.15) is 0 Å². The highest BCUT2D eigenvalue weighted by atomic mass is 32.1. The average molecular weight is 316 g/mol. The Morgan fingerprint density at radius 2 is 1.95 bits per heavy atom. The number of benzene rings is 1. The van der Waals surface area contributed by atoms with Crippen LogP contribution in [0.25, 0.3) is 0 Å². The zero-order valence-electron chi connectivity index (χ0n) is 11.9. The normalized spacial score (nSPS) is 17.2. The van der Waals surface area contributed by atoms with Crippen LogP contribution in [0, 0.1) is 5.92 Å². The van der Waals surface area contributed by atoms with E-state index in [2.05, 4.69) is 10.6 Å². The molecule has 0 radical (unpaired) electrons. The molecule has 2 aromatic rings. The van der Waals surface area contributed by atoms with Crippen molar-refractivity contribution in [3.05, 3.63) is 46.7 Å². The number of ether oxygens (including phenoxy) is 1. The maximum atomic E-state index is 12.1. The first-order valence-corrected chi connectivity index (χ1v) is 7.94. The van der Waals surface area contributed by atoms with Crippen molar-refractivity contribution in [2.24, 2.45) is 5.92 Å². The molecule has 22 heavy (non-hydrogen) atoms. The molecule has 0 saturated carbocycles. The van der Waals surface area contributed by atoms with Crippen molar-refractivity contribution in [3.63, 3.8) is 0 Å². The Kier molecular flexibility index (Phi) is 4.50. The fourth-order valence-corrected chi connectivity index (χ4v) is 2.88. The van der Waals surface area contributed by atoms with Crippen molar-refractivity contribution in [3.8, 4) is 0 Å². The van der Waals surface area contributed by atoms with E-state index in [9.17, 15) is 9.59 Å². The van der Waals surface area contributed by atoms with Crippen LogP contribution in [0.2, 0.25) is 0 Å². The van der Waals surface area contributed by atoms with Crippen LogP contribution < -0.4 is 10.6 Å². The molecule has 114 valence electrons. The summed E-state index contributed by atoms with van der Waals surface area (Å²) in [5, 5.41) is 7.54. The molecule has 1 aromatic heterocycles. The number of thiophene rings is 1. The van der Waals surface area contributed by atoms with Gasteiger partial charge in [-0.15, -0.1) is 11.3 Å². The molecule has 0 aliphatic carbocycles. The van der Waals surface area contributed by atoms with Gasteiger partial charge < -0.3 is 15.4 Å². The van der Waals surface area contributed by atoms with Gasteiger partial charge in [-0.2, -0.15) is 0 Å². The Labute approximate surface area is 132 Å². The van der Waals surface area contributed by atoms with E-state index in [1.165, 1.54) is 11.3 Å². The largest absolute Gasteiger partial charge is 0.381 e. The predicted octanol–water partition coefficient (Wildman–Crippen LogP) is 2.98. The second-order valence-electron chi connectivity index (χ2n) is 5.06. The third kappa shape index (κ3) is 3.52. The lowest BCUT2D eigenvalue weighted by Crippen LogP contribution is -2.22. The quantitative estimate of drug-likeness (QED) is 0.911. The van der Waals surface area contributed by atoms with E-state index in [0.717, 1.165) is 6.42 Å². The van der Waals surface area contributed by atoms with E-state index >= 15 is 0 Å². The topological polar surface area (TPSA) is 67.4 Å². The molecule has 5 nitrogen and oxygen atoms in total. The van der Waals surface area contributed by atoms with Gasteiger partial charge in [0, 0.05) is 18.0 Å². The molecule has 1 fully saturated rings. The zero-order valence-corrected chi connectivity index (χ0v) is 12.7. The molecule has 1 aromatic carbocycles. The van der Waals surface area contributed by atoms with Crippen molar-refractivity contribution in [1.82, 2.24) is 0 Å². The number of carbonyl (C=O) groups excluding carboxylic acids is 2.